The zero-order valence-corrected chi connectivity index (χ0v) is 15.2. The van der Waals surface area contributed by atoms with E-state index in [2.05, 4.69) is 15.5 Å². The van der Waals surface area contributed by atoms with Gasteiger partial charge in [-0.05, 0) is 12.1 Å². The van der Waals surface area contributed by atoms with Crippen molar-refractivity contribution in [1.29, 1.82) is 0 Å². The molecule has 0 aliphatic rings. The highest BCUT2D eigenvalue weighted by Crippen LogP contribution is 2.30. The molecule has 1 N–H and O–H groups in total. The standard InChI is InChI=1S/C19H17F2N3O2S/c1-25-16-9-5-8-14(18(16)26-11-17(20)21)10-22-24-19-23-15(12-27-19)13-6-3-2-4-7-13/h2-10,12,17H,11H2,1H3,(H,23,24). The maximum atomic E-state index is 12.5. The second-order valence-electron chi connectivity index (χ2n) is 5.35. The summed E-state index contributed by atoms with van der Waals surface area (Å²) in [5.41, 5.74) is 5.22. The van der Waals surface area contributed by atoms with Gasteiger partial charge in [0.15, 0.2) is 11.5 Å². The van der Waals surface area contributed by atoms with E-state index >= 15 is 0 Å². The van der Waals surface area contributed by atoms with Crippen molar-refractivity contribution in [3.05, 3.63) is 59.5 Å². The minimum Gasteiger partial charge on any atom is -0.493 e. The normalized spacial score (nSPS) is 11.1. The SMILES string of the molecule is COc1cccc(C=NNc2nc(-c3ccccc3)cs2)c1OCC(F)F. The highest BCUT2D eigenvalue weighted by atomic mass is 32.1. The van der Waals surface area contributed by atoms with Crippen molar-refractivity contribution >= 4 is 22.7 Å². The Morgan fingerprint density at radius 3 is 2.74 bits per heavy atom. The number of halogens is 2. The topological polar surface area (TPSA) is 55.7 Å². The van der Waals surface area contributed by atoms with Crippen LogP contribution in [0.5, 0.6) is 11.5 Å². The van der Waals surface area contributed by atoms with Crippen LogP contribution in [0.2, 0.25) is 0 Å². The minimum atomic E-state index is -2.58. The van der Waals surface area contributed by atoms with Crippen molar-refractivity contribution in [2.75, 3.05) is 19.1 Å². The molecule has 0 saturated heterocycles. The van der Waals surface area contributed by atoms with E-state index in [9.17, 15) is 8.78 Å². The third-order valence-corrected chi connectivity index (χ3v) is 4.27. The van der Waals surface area contributed by atoms with Gasteiger partial charge in [-0.15, -0.1) is 11.3 Å². The summed E-state index contributed by atoms with van der Waals surface area (Å²) in [4.78, 5) is 4.47. The smallest absolute Gasteiger partial charge is 0.272 e. The molecule has 1 aromatic heterocycles. The molecule has 140 valence electrons. The van der Waals surface area contributed by atoms with E-state index in [1.807, 2.05) is 35.7 Å². The van der Waals surface area contributed by atoms with E-state index < -0.39 is 13.0 Å². The molecule has 2 aromatic carbocycles. The van der Waals surface area contributed by atoms with E-state index in [0.29, 0.717) is 16.4 Å². The molecule has 0 atom stereocenters. The molecule has 0 aliphatic carbocycles. The van der Waals surface area contributed by atoms with Gasteiger partial charge in [0.05, 0.1) is 19.0 Å². The summed E-state index contributed by atoms with van der Waals surface area (Å²) in [6.45, 7) is -0.721. The van der Waals surface area contributed by atoms with Crippen LogP contribution in [0.15, 0.2) is 59.0 Å². The van der Waals surface area contributed by atoms with Crippen LogP contribution in [0, 0.1) is 0 Å². The Balaban J connectivity index is 1.72. The lowest BCUT2D eigenvalue weighted by Gasteiger charge is -2.12. The first-order valence-electron chi connectivity index (χ1n) is 8.05. The third-order valence-electron chi connectivity index (χ3n) is 3.52. The molecule has 3 aromatic rings. The number of aromatic nitrogens is 1. The van der Waals surface area contributed by atoms with Gasteiger partial charge >= 0.3 is 0 Å². The van der Waals surface area contributed by atoms with Crippen molar-refractivity contribution in [3.8, 4) is 22.8 Å². The first-order chi connectivity index (χ1) is 13.2. The number of methoxy groups -OCH3 is 1. The number of ether oxygens (including phenoxy) is 2. The number of nitrogens with zero attached hydrogens (tertiary/aromatic N) is 2. The van der Waals surface area contributed by atoms with Gasteiger partial charge < -0.3 is 9.47 Å². The van der Waals surface area contributed by atoms with Crippen molar-refractivity contribution < 1.29 is 18.3 Å². The average molecular weight is 389 g/mol. The van der Waals surface area contributed by atoms with Gasteiger partial charge in [0.2, 0.25) is 5.13 Å². The van der Waals surface area contributed by atoms with Gasteiger partial charge in [0, 0.05) is 16.5 Å². The number of hydrogen-bond acceptors (Lipinski definition) is 6. The van der Waals surface area contributed by atoms with Crippen LogP contribution in [0.1, 0.15) is 5.56 Å². The molecule has 0 amide bonds. The molecule has 0 saturated carbocycles. The number of anilines is 1. The number of alkyl halides is 2. The highest BCUT2D eigenvalue weighted by Gasteiger charge is 2.12. The number of hydrazone groups is 1. The second-order valence-corrected chi connectivity index (χ2v) is 6.21. The van der Waals surface area contributed by atoms with E-state index in [0.717, 1.165) is 11.3 Å². The van der Waals surface area contributed by atoms with Crippen LogP contribution < -0.4 is 14.9 Å². The summed E-state index contributed by atoms with van der Waals surface area (Å²) in [5.74, 6) is 0.579. The molecule has 0 unspecified atom stereocenters. The number of para-hydroxylation sites is 1. The monoisotopic (exact) mass is 389 g/mol. The van der Waals surface area contributed by atoms with Gasteiger partial charge in [-0.3, -0.25) is 5.43 Å². The van der Waals surface area contributed by atoms with Gasteiger partial charge in [0.25, 0.3) is 6.43 Å². The Morgan fingerprint density at radius 1 is 1.19 bits per heavy atom. The van der Waals surface area contributed by atoms with E-state index in [4.69, 9.17) is 9.47 Å². The summed E-state index contributed by atoms with van der Waals surface area (Å²) in [6, 6.07) is 14.9. The fourth-order valence-corrected chi connectivity index (χ4v) is 2.99. The van der Waals surface area contributed by atoms with Crippen molar-refractivity contribution in [3.63, 3.8) is 0 Å². The zero-order chi connectivity index (χ0) is 19.1. The average Bonchev–Trinajstić information content (AvgIpc) is 3.16. The fourth-order valence-electron chi connectivity index (χ4n) is 2.32. The largest absolute Gasteiger partial charge is 0.493 e. The predicted octanol–water partition coefficient (Wildman–Crippen LogP) is 4.91. The summed E-state index contributed by atoms with van der Waals surface area (Å²) in [5, 5.41) is 6.67. The van der Waals surface area contributed by atoms with E-state index in [1.54, 1.807) is 18.2 Å². The number of thiazole rings is 1. The third kappa shape index (κ3) is 5.01. The first kappa shape index (κ1) is 18.8. The van der Waals surface area contributed by atoms with E-state index in [1.165, 1.54) is 24.7 Å². The van der Waals surface area contributed by atoms with E-state index in [-0.39, 0.29) is 5.75 Å². The molecule has 0 aliphatic heterocycles. The first-order valence-corrected chi connectivity index (χ1v) is 8.93. The molecule has 5 nitrogen and oxygen atoms in total. The van der Waals surface area contributed by atoms with Gasteiger partial charge in [-0.1, -0.05) is 36.4 Å². The minimum absolute atomic E-state index is 0.218. The summed E-state index contributed by atoms with van der Waals surface area (Å²) in [6.07, 6.45) is -1.10. The molecule has 0 spiro atoms. The Kier molecular flexibility index (Phi) is 6.32. The summed E-state index contributed by atoms with van der Waals surface area (Å²) >= 11 is 1.41. The molecule has 0 bridgehead atoms. The Hall–Kier alpha value is -3.00. The van der Waals surface area contributed by atoms with Crippen LogP contribution in [0.25, 0.3) is 11.3 Å². The Morgan fingerprint density at radius 2 is 2.00 bits per heavy atom. The van der Waals surface area contributed by atoms with Crippen molar-refractivity contribution in [1.82, 2.24) is 4.98 Å². The molecular weight excluding hydrogens is 372 g/mol. The molecular formula is C19H17F2N3O2S. The molecule has 1 heterocycles. The number of nitrogens with one attached hydrogen (secondary N) is 1. The van der Waals surface area contributed by atoms with Crippen LogP contribution in [-0.4, -0.2) is 31.3 Å². The molecule has 0 radical (unpaired) electrons. The lowest BCUT2D eigenvalue weighted by atomic mass is 10.2. The molecule has 27 heavy (non-hydrogen) atoms. The van der Waals surface area contributed by atoms with Gasteiger partial charge in [0.1, 0.15) is 6.61 Å². The lowest BCUT2D eigenvalue weighted by Crippen LogP contribution is -2.09. The van der Waals surface area contributed by atoms with Gasteiger partial charge in [-0.25, -0.2) is 13.8 Å². The van der Waals surface area contributed by atoms with Crippen LogP contribution >= 0.6 is 11.3 Å². The second kappa shape index (κ2) is 9.09. The highest BCUT2D eigenvalue weighted by molar-refractivity contribution is 7.14. The van der Waals surface area contributed by atoms with Crippen LogP contribution in [0.4, 0.5) is 13.9 Å². The maximum absolute atomic E-state index is 12.5. The Labute approximate surface area is 159 Å². The lowest BCUT2D eigenvalue weighted by molar-refractivity contribution is 0.0804. The predicted molar refractivity (Wildman–Crippen MR) is 103 cm³/mol. The quantitative estimate of drug-likeness (QED) is 0.439. The maximum Gasteiger partial charge on any atom is 0.272 e. The molecule has 8 heteroatoms. The summed E-state index contributed by atoms with van der Waals surface area (Å²) in [7, 11) is 1.45. The van der Waals surface area contributed by atoms with Crippen molar-refractivity contribution in [2.45, 2.75) is 6.43 Å². The number of hydrogen-bond donors (Lipinski definition) is 1. The fraction of sp³-hybridized carbons (Fsp3) is 0.158. The molecule has 0 fully saturated rings. The Bertz CT molecular complexity index is 901. The van der Waals surface area contributed by atoms with Crippen molar-refractivity contribution in [2.24, 2.45) is 5.10 Å². The molecule has 3 rings (SSSR count). The zero-order valence-electron chi connectivity index (χ0n) is 14.4. The van der Waals surface area contributed by atoms with Crippen LogP contribution in [-0.2, 0) is 0 Å². The van der Waals surface area contributed by atoms with Gasteiger partial charge in [-0.2, -0.15) is 5.10 Å². The van der Waals surface area contributed by atoms with Crippen LogP contribution in [0.3, 0.4) is 0 Å². The number of benzene rings is 2. The summed E-state index contributed by atoms with van der Waals surface area (Å²) < 4.78 is 35.3. The number of rotatable bonds is 8.